The first-order chi connectivity index (χ1) is 9.90. The van der Waals surface area contributed by atoms with Gasteiger partial charge >= 0.3 is 0 Å². The zero-order valence-electron chi connectivity index (χ0n) is 14.0. The Hall–Kier alpha value is -0.610. The normalized spacial score (nSPS) is 29.3. The number of carbonyl (C=O) groups excluding carboxylic acids is 1. The molecule has 3 N–H and O–H groups in total. The lowest BCUT2D eigenvalue weighted by Gasteiger charge is -2.41. The van der Waals surface area contributed by atoms with Gasteiger partial charge in [0.15, 0.2) is 0 Å². The van der Waals surface area contributed by atoms with Crippen molar-refractivity contribution in [3.05, 3.63) is 0 Å². The lowest BCUT2D eigenvalue weighted by Crippen LogP contribution is -2.51. The van der Waals surface area contributed by atoms with Crippen molar-refractivity contribution in [2.75, 3.05) is 19.6 Å². The van der Waals surface area contributed by atoms with E-state index < -0.39 is 0 Å². The van der Waals surface area contributed by atoms with Crippen LogP contribution < -0.4 is 11.1 Å². The van der Waals surface area contributed by atoms with E-state index in [9.17, 15) is 4.79 Å². The van der Waals surface area contributed by atoms with Crippen LogP contribution in [0.5, 0.6) is 0 Å². The number of piperidine rings is 1. The Kier molecular flexibility index (Phi) is 5.67. The third kappa shape index (κ3) is 4.68. The van der Waals surface area contributed by atoms with Crippen molar-refractivity contribution in [1.29, 1.82) is 0 Å². The van der Waals surface area contributed by atoms with E-state index in [2.05, 4.69) is 31.0 Å². The number of rotatable bonds is 3. The summed E-state index contributed by atoms with van der Waals surface area (Å²) in [4.78, 5) is 14.9. The van der Waals surface area contributed by atoms with E-state index in [1.165, 1.54) is 0 Å². The Labute approximate surface area is 129 Å². The van der Waals surface area contributed by atoms with Crippen LogP contribution in [-0.4, -0.2) is 42.0 Å². The Balaban J connectivity index is 1.72. The van der Waals surface area contributed by atoms with E-state index in [-0.39, 0.29) is 11.5 Å². The van der Waals surface area contributed by atoms with E-state index in [4.69, 9.17) is 5.73 Å². The highest BCUT2D eigenvalue weighted by atomic mass is 16.1. The van der Waals surface area contributed by atoms with Gasteiger partial charge in [-0.3, -0.25) is 9.69 Å². The second kappa shape index (κ2) is 7.10. The standard InChI is InChI=1S/C17H33N3O/c1-17(2,3)20-10-8-15(9-11-20)19-16(21)14-6-4-13(12-18)5-7-14/h13-15H,4-12,18H2,1-3H3,(H,19,21). The molecule has 21 heavy (non-hydrogen) atoms. The van der Waals surface area contributed by atoms with Crippen molar-refractivity contribution in [1.82, 2.24) is 10.2 Å². The quantitative estimate of drug-likeness (QED) is 0.838. The molecule has 0 atom stereocenters. The molecule has 4 nitrogen and oxygen atoms in total. The van der Waals surface area contributed by atoms with Crippen LogP contribution in [0.3, 0.4) is 0 Å². The van der Waals surface area contributed by atoms with Crippen LogP contribution in [0.1, 0.15) is 59.3 Å². The lowest BCUT2D eigenvalue weighted by molar-refractivity contribution is -0.127. The molecule has 1 heterocycles. The molecule has 2 rings (SSSR count). The molecule has 0 bridgehead atoms. The lowest BCUT2D eigenvalue weighted by atomic mass is 9.81. The Morgan fingerprint density at radius 3 is 2.14 bits per heavy atom. The Bertz CT molecular complexity index is 334. The van der Waals surface area contributed by atoms with Crippen molar-refractivity contribution in [3.63, 3.8) is 0 Å². The Morgan fingerprint density at radius 2 is 1.67 bits per heavy atom. The molecule has 122 valence electrons. The summed E-state index contributed by atoms with van der Waals surface area (Å²) in [5.74, 6) is 1.16. The van der Waals surface area contributed by atoms with Crippen LogP contribution in [0.4, 0.5) is 0 Å². The van der Waals surface area contributed by atoms with Gasteiger partial charge in [0, 0.05) is 30.6 Å². The number of carbonyl (C=O) groups is 1. The molecule has 0 aromatic heterocycles. The second-order valence-electron chi connectivity index (χ2n) is 7.89. The minimum absolute atomic E-state index is 0.230. The molecule has 1 aliphatic carbocycles. The maximum Gasteiger partial charge on any atom is 0.223 e. The average Bonchev–Trinajstić information content (AvgIpc) is 2.47. The van der Waals surface area contributed by atoms with E-state index in [0.717, 1.165) is 58.2 Å². The van der Waals surface area contributed by atoms with Gasteiger partial charge in [-0.05, 0) is 71.8 Å². The molecule has 0 aromatic carbocycles. The summed E-state index contributed by atoms with van der Waals surface area (Å²) in [7, 11) is 0. The fourth-order valence-corrected chi connectivity index (χ4v) is 3.67. The third-order valence-corrected chi connectivity index (χ3v) is 5.34. The summed E-state index contributed by atoms with van der Waals surface area (Å²) in [5, 5.41) is 3.30. The number of hydrogen-bond acceptors (Lipinski definition) is 3. The van der Waals surface area contributed by atoms with Crippen molar-refractivity contribution < 1.29 is 4.79 Å². The van der Waals surface area contributed by atoms with E-state index in [1.54, 1.807) is 0 Å². The zero-order valence-corrected chi connectivity index (χ0v) is 14.0. The monoisotopic (exact) mass is 295 g/mol. The molecule has 1 saturated heterocycles. The number of nitrogens with one attached hydrogen (secondary N) is 1. The fourth-order valence-electron chi connectivity index (χ4n) is 3.67. The first-order valence-corrected chi connectivity index (χ1v) is 8.65. The topological polar surface area (TPSA) is 58.4 Å². The van der Waals surface area contributed by atoms with Crippen molar-refractivity contribution >= 4 is 5.91 Å². The van der Waals surface area contributed by atoms with Gasteiger partial charge in [-0.15, -0.1) is 0 Å². The molecule has 1 saturated carbocycles. The van der Waals surface area contributed by atoms with Gasteiger partial charge in [-0.25, -0.2) is 0 Å². The van der Waals surface area contributed by atoms with Gasteiger partial charge in [-0.1, -0.05) is 0 Å². The summed E-state index contributed by atoms with van der Waals surface area (Å²) in [6, 6.07) is 0.378. The van der Waals surface area contributed by atoms with E-state index >= 15 is 0 Å². The molecule has 1 amide bonds. The van der Waals surface area contributed by atoms with E-state index in [0.29, 0.717) is 17.9 Å². The molecule has 0 radical (unpaired) electrons. The highest BCUT2D eigenvalue weighted by Gasteiger charge is 2.30. The van der Waals surface area contributed by atoms with Crippen LogP contribution in [0.15, 0.2) is 0 Å². The largest absolute Gasteiger partial charge is 0.353 e. The number of hydrogen-bond donors (Lipinski definition) is 2. The van der Waals surface area contributed by atoms with Crippen molar-refractivity contribution in [2.24, 2.45) is 17.6 Å². The number of amides is 1. The predicted molar refractivity (Wildman–Crippen MR) is 87.0 cm³/mol. The van der Waals surface area contributed by atoms with Crippen LogP contribution in [-0.2, 0) is 4.79 Å². The van der Waals surface area contributed by atoms with Crippen LogP contribution in [0, 0.1) is 11.8 Å². The molecular weight excluding hydrogens is 262 g/mol. The van der Waals surface area contributed by atoms with Gasteiger partial charge in [0.1, 0.15) is 0 Å². The first kappa shape index (κ1) is 16.8. The predicted octanol–water partition coefficient (Wildman–Crippen LogP) is 2.13. The summed E-state index contributed by atoms with van der Waals surface area (Å²) in [5.41, 5.74) is 5.96. The second-order valence-corrected chi connectivity index (χ2v) is 7.89. The molecule has 0 aromatic rings. The molecule has 1 aliphatic heterocycles. The maximum atomic E-state index is 12.4. The van der Waals surface area contributed by atoms with Gasteiger partial charge < -0.3 is 11.1 Å². The Morgan fingerprint density at radius 1 is 1.10 bits per heavy atom. The minimum Gasteiger partial charge on any atom is -0.353 e. The highest BCUT2D eigenvalue weighted by Crippen LogP contribution is 2.28. The highest BCUT2D eigenvalue weighted by molar-refractivity contribution is 5.79. The molecular formula is C17H33N3O. The molecule has 0 unspecified atom stereocenters. The average molecular weight is 295 g/mol. The van der Waals surface area contributed by atoms with Crippen molar-refractivity contribution in [2.45, 2.75) is 70.9 Å². The summed E-state index contributed by atoms with van der Waals surface area (Å²) in [6.45, 7) is 9.76. The fraction of sp³-hybridized carbons (Fsp3) is 0.941. The van der Waals surface area contributed by atoms with Gasteiger partial charge in [0.2, 0.25) is 5.91 Å². The molecule has 4 heteroatoms. The zero-order chi connectivity index (χ0) is 15.5. The molecule has 2 aliphatic rings. The smallest absolute Gasteiger partial charge is 0.223 e. The minimum atomic E-state index is 0.230. The molecule has 0 spiro atoms. The number of nitrogens with two attached hydrogens (primary N) is 1. The summed E-state index contributed by atoms with van der Waals surface area (Å²) in [6.07, 6.45) is 6.46. The van der Waals surface area contributed by atoms with Crippen molar-refractivity contribution in [3.8, 4) is 0 Å². The first-order valence-electron chi connectivity index (χ1n) is 8.65. The third-order valence-electron chi connectivity index (χ3n) is 5.34. The van der Waals surface area contributed by atoms with Gasteiger partial charge in [-0.2, -0.15) is 0 Å². The van der Waals surface area contributed by atoms with Crippen LogP contribution in [0.2, 0.25) is 0 Å². The van der Waals surface area contributed by atoms with Gasteiger partial charge in [0.05, 0.1) is 0 Å². The van der Waals surface area contributed by atoms with E-state index in [1.807, 2.05) is 0 Å². The SMILES string of the molecule is CC(C)(C)N1CCC(NC(=O)C2CCC(CN)CC2)CC1. The van der Waals surface area contributed by atoms with Crippen LogP contribution in [0.25, 0.3) is 0 Å². The summed E-state index contributed by atoms with van der Waals surface area (Å²) >= 11 is 0. The summed E-state index contributed by atoms with van der Waals surface area (Å²) < 4.78 is 0. The number of nitrogens with zero attached hydrogens (tertiary/aromatic N) is 1. The van der Waals surface area contributed by atoms with Gasteiger partial charge in [0.25, 0.3) is 0 Å². The van der Waals surface area contributed by atoms with Crippen LogP contribution >= 0.6 is 0 Å². The number of likely N-dealkylation sites (tertiary alicyclic amines) is 1. The molecule has 2 fully saturated rings. The maximum absolute atomic E-state index is 12.4.